The summed E-state index contributed by atoms with van der Waals surface area (Å²) < 4.78 is 11.6. The Morgan fingerprint density at radius 1 is 0.696 bits per heavy atom. The van der Waals surface area contributed by atoms with Gasteiger partial charge in [-0.25, -0.2) is 0 Å². The topological polar surface area (TPSA) is 18.5 Å². The average molecular weight is 302 g/mol. The zero-order chi connectivity index (χ0) is 15.4. The van der Waals surface area contributed by atoms with Crippen LogP contribution in [-0.4, -0.2) is 0 Å². The molecule has 3 aromatic rings. The molecule has 2 heteroatoms. The number of rotatable bonds is 1. The van der Waals surface area contributed by atoms with E-state index in [-0.39, 0.29) is 0 Å². The second kappa shape index (κ2) is 4.92. The first-order chi connectivity index (χ1) is 11.3. The molecule has 114 valence electrons. The van der Waals surface area contributed by atoms with E-state index in [0.717, 1.165) is 19.8 Å². The normalized spacial score (nSPS) is 15.9. The third kappa shape index (κ3) is 1.82. The molecular weight excluding hydrogens is 284 g/mol. The fourth-order valence-electron chi connectivity index (χ4n) is 4.14. The third-order valence-corrected chi connectivity index (χ3v) is 5.27. The molecule has 0 saturated carbocycles. The van der Waals surface area contributed by atoms with Crippen molar-refractivity contribution in [2.75, 3.05) is 0 Å². The van der Waals surface area contributed by atoms with Crippen molar-refractivity contribution >= 4 is 10.8 Å². The van der Waals surface area contributed by atoms with Crippen LogP contribution in [0.1, 0.15) is 27.8 Å². The molecule has 0 fully saturated rings. The van der Waals surface area contributed by atoms with Crippen LogP contribution < -0.4 is 0 Å². The van der Waals surface area contributed by atoms with E-state index in [2.05, 4.69) is 49.4 Å². The molecule has 0 saturated heterocycles. The van der Waals surface area contributed by atoms with Crippen LogP contribution >= 0.6 is 0 Å². The van der Waals surface area contributed by atoms with Crippen molar-refractivity contribution in [3.05, 3.63) is 70.3 Å². The summed E-state index contributed by atoms with van der Waals surface area (Å²) >= 11 is 0. The van der Waals surface area contributed by atoms with Crippen LogP contribution in [0.3, 0.4) is 0 Å². The summed E-state index contributed by atoms with van der Waals surface area (Å²) in [4.78, 5) is 0. The minimum absolute atomic E-state index is 0.710. The monoisotopic (exact) mass is 302 g/mol. The van der Waals surface area contributed by atoms with Crippen LogP contribution in [0.2, 0.25) is 0 Å². The molecule has 2 heterocycles. The van der Waals surface area contributed by atoms with Gasteiger partial charge in [0, 0.05) is 0 Å². The Balaban J connectivity index is 1.89. The summed E-state index contributed by atoms with van der Waals surface area (Å²) in [5.41, 5.74) is 9.51. The highest BCUT2D eigenvalue weighted by Crippen LogP contribution is 2.43. The largest absolute Gasteiger partial charge is 0.372 e. The van der Waals surface area contributed by atoms with Gasteiger partial charge in [0.1, 0.15) is 0 Å². The van der Waals surface area contributed by atoms with Gasteiger partial charge < -0.3 is 9.47 Å². The molecule has 0 bridgehead atoms. The summed E-state index contributed by atoms with van der Waals surface area (Å²) in [6.07, 6.45) is 0. The Morgan fingerprint density at radius 3 is 2.22 bits per heavy atom. The predicted octanol–water partition coefficient (Wildman–Crippen LogP) is 4.88. The van der Waals surface area contributed by atoms with E-state index in [9.17, 15) is 0 Å². The number of hydrogen-bond donors (Lipinski definition) is 0. The number of hydrogen-bond acceptors (Lipinski definition) is 2. The van der Waals surface area contributed by atoms with Gasteiger partial charge in [0.25, 0.3) is 0 Å². The van der Waals surface area contributed by atoms with Gasteiger partial charge >= 0.3 is 0 Å². The lowest BCUT2D eigenvalue weighted by Gasteiger charge is -2.18. The zero-order valence-electron chi connectivity index (χ0n) is 13.2. The van der Waals surface area contributed by atoms with Crippen molar-refractivity contribution < 1.29 is 9.47 Å². The quantitative estimate of drug-likeness (QED) is 0.638. The molecule has 2 nitrogen and oxygen atoms in total. The molecule has 0 aliphatic carbocycles. The molecule has 0 spiro atoms. The second-order valence-electron chi connectivity index (χ2n) is 6.43. The van der Waals surface area contributed by atoms with Gasteiger partial charge in [0.2, 0.25) is 0 Å². The van der Waals surface area contributed by atoms with Crippen LogP contribution in [0.15, 0.2) is 42.5 Å². The van der Waals surface area contributed by atoms with Crippen molar-refractivity contribution in [3.63, 3.8) is 0 Å². The summed E-state index contributed by atoms with van der Waals surface area (Å²) in [5.74, 6) is 0. The van der Waals surface area contributed by atoms with Gasteiger partial charge in [-0.2, -0.15) is 0 Å². The fraction of sp³-hybridized carbons (Fsp3) is 0.238. The molecule has 3 aromatic carbocycles. The lowest BCUT2D eigenvalue weighted by atomic mass is 9.85. The van der Waals surface area contributed by atoms with Crippen LogP contribution in [0.5, 0.6) is 0 Å². The predicted molar refractivity (Wildman–Crippen MR) is 91.1 cm³/mol. The van der Waals surface area contributed by atoms with E-state index in [0.29, 0.717) is 6.61 Å². The minimum Gasteiger partial charge on any atom is -0.372 e. The minimum atomic E-state index is 0.710. The van der Waals surface area contributed by atoms with E-state index in [1.165, 1.54) is 49.7 Å². The maximum absolute atomic E-state index is 5.81. The Kier molecular flexibility index (Phi) is 2.84. The van der Waals surface area contributed by atoms with Gasteiger partial charge in [0.15, 0.2) is 0 Å². The molecule has 2 aliphatic rings. The Bertz CT molecular complexity index is 935. The molecule has 2 aliphatic heterocycles. The standard InChI is InChI=1S/C21H18O2/c1-13-17-9-22-10-18(17)19-11-23-12-20(19)21(13)16-8-4-6-14-5-2-3-7-15(14)16/h2-8H,9-12H2,1H3. The highest BCUT2D eigenvalue weighted by Gasteiger charge is 2.29. The first-order valence-corrected chi connectivity index (χ1v) is 8.14. The third-order valence-electron chi connectivity index (χ3n) is 5.27. The maximum Gasteiger partial charge on any atom is 0.0731 e. The molecule has 5 rings (SSSR count). The first-order valence-electron chi connectivity index (χ1n) is 8.14. The fourth-order valence-corrected chi connectivity index (χ4v) is 4.14. The zero-order valence-corrected chi connectivity index (χ0v) is 13.2. The molecular formula is C21H18O2. The van der Waals surface area contributed by atoms with Gasteiger partial charge in [-0.15, -0.1) is 0 Å². The molecule has 23 heavy (non-hydrogen) atoms. The van der Waals surface area contributed by atoms with E-state index < -0.39 is 0 Å². The Morgan fingerprint density at radius 2 is 1.35 bits per heavy atom. The molecule has 0 radical (unpaired) electrons. The smallest absolute Gasteiger partial charge is 0.0731 e. The van der Waals surface area contributed by atoms with Crippen molar-refractivity contribution in [2.24, 2.45) is 0 Å². The van der Waals surface area contributed by atoms with Crippen molar-refractivity contribution in [1.82, 2.24) is 0 Å². The molecule has 0 atom stereocenters. The van der Waals surface area contributed by atoms with Gasteiger partial charge in [0.05, 0.1) is 26.4 Å². The van der Waals surface area contributed by atoms with Crippen LogP contribution in [-0.2, 0) is 35.9 Å². The second-order valence-corrected chi connectivity index (χ2v) is 6.43. The molecule has 0 amide bonds. The summed E-state index contributed by atoms with van der Waals surface area (Å²) in [6, 6.07) is 15.2. The molecule has 0 N–H and O–H groups in total. The maximum atomic E-state index is 5.81. The lowest BCUT2D eigenvalue weighted by molar-refractivity contribution is 0.126. The van der Waals surface area contributed by atoms with E-state index in [1.54, 1.807) is 0 Å². The van der Waals surface area contributed by atoms with Crippen molar-refractivity contribution in [1.29, 1.82) is 0 Å². The van der Waals surface area contributed by atoms with Crippen molar-refractivity contribution in [2.45, 2.75) is 33.4 Å². The molecule has 0 aromatic heterocycles. The van der Waals surface area contributed by atoms with Gasteiger partial charge in [-0.05, 0) is 56.6 Å². The summed E-state index contributed by atoms with van der Waals surface area (Å²) in [5, 5.41) is 2.60. The average Bonchev–Trinajstić information content (AvgIpc) is 3.24. The van der Waals surface area contributed by atoms with E-state index in [4.69, 9.17) is 9.47 Å². The highest BCUT2D eigenvalue weighted by atomic mass is 16.5. The SMILES string of the molecule is Cc1c2c(c3c(c1-c1cccc4ccccc14)COC3)COC2. The van der Waals surface area contributed by atoms with Crippen LogP contribution in [0.4, 0.5) is 0 Å². The van der Waals surface area contributed by atoms with Crippen molar-refractivity contribution in [3.8, 4) is 11.1 Å². The van der Waals surface area contributed by atoms with Crippen LogP contribution in [0, 0.1) is 6.92 Å². The summed E-state index contributed by atoms with van der Waals surface area (Å²) in [7, 11) is 0. The number of ether oxygens (including phenoxy) is 2. The summed E-state index contributed by atoms with van der Waals surface area (Å²) in [6.45, 7) is 5.13. The lowest BCUT2D eigenvalue weighted by Crippen LogP contribution is -2.01. The first kappa shape index (κ1) is 13.3. The Hall–Kier alpha value is -2.16. The molecule has 0 unspecified atom stereocenters. The van der Waals surface area contributed by atoms with E-state index in [1.807, 2.05) is 0 Å². The highest BCUT2D eigenvalue weighted by molar-refractivity contribution is 5.98. The van der Waals surface area contributed by atoms with E-state index >= 15 is 0 Å². The number of benzene rings is 3. The van der Waals surface area contributed by atoms with Gasteiger partial charge in [-0.3, -0.25) is 0 Å². The van der Waals surface area contributed by atoms with Gasteiger partial charge in [-0.1, -0.05) is 42.5 Å². The number of fused-ring (bicyclic) bond motifs is 4. The van der Waals surface area contributed by atoms with Crippen LogP contribution in [0.25, 0.3) is 21.9 Å². The Labute approximate surface area is 135 Å².